The van der Waals surface area contributed by atoms with Crippen LogP contribution in [0.1, 0.15) is 23.6 Å². The number of aromatic nitrogens is 2. The van der Waals surface area contributed by atoms with E-state index in [2.05, 4.69) is 51.9 Å². The number of aryl methyl sites for hydroxylation is 1. The minimum absolute atomic E-state index is 0.145. The Balaban J connectivity index is 1.49. The van der Waals surface area contributed by atoms with E-state index >= 15 is 0 Å². The first-order chi connectivity index (χ1) is 16.9. The second-order valence-electron chi connectivity index (χ2n) is 7.04. The molecule has 1 N–H and O–H groups in total. The summed E-state index contributed by atoms with van der Waals surface area (Å²) in [5, 5.41) is 12.3. The van der Waals surface area contributed by atoms with Crippen molar-refractivity contribution in [1.29, 1.82) is 0 Å². The predicted octanol–water partition coefficient (Wildman–Crippen LogP) is 4.32. The summed E-state index contributed by atoms with van der Waals surface area (Å²) < 4.78 is 17.3. The molecule has 1 aromatic heterocycles. The minimum Gasteiger partial charge on any atom is -0.493 e. The predicted molar refractivity (Wildman–Crippen MR) is 138 cm³/mol. The third-order valence-corrected chi connectivity index (χ3v) is 7.59. The first-order valence-corrected chi connectivity index (χ1v) is 13.1. The van der Waals surface area contributed by atoms with E-state index in [1.165, 1.54) is 61.6 Å². The molecule has 3 rings (SSSR count). The lowest BCUT2D eigenvalue weighted by Crippen LogP contribution is -2.19. The van der Waals surface area contributed by atoms with Crippen molar-refractivity contribution in [3.05, 3.63) is 53.1 Å². The first-order valence-electron chi connectivity index (χ1n) is 10.3. The lowest BCUT2D eigenvalue weighted by atomic mass is 10.2. The van der Waals surface area contributed by atoms with Crippen molar-refractivity contribution >= 4 is 53.0 Å². The van der Waals surface area contributed by atoms with Crippen LogP contribution in [0.4, 0.5) is 0 Å². The highest BCUT2D eigenvalue weighted by Crippen LogP contribution is 2.38. The highest BCUT2D eigenvalue weighted by atomic mass is 32.2. The Kier molecular flexibility index (Phi) is 9.94. The van der Waals surface area contributed by atoms with Crippen molar-refractivity contribution < 1.29 is 23.8 Å². The van der Waals surface area contributed by atoms with Gasteiger partial charge >= 0.3 is 5.97 Å². The molecular weight excluding hydrogens is 508 g/mol. The fraction of sp³-hybridized carbons (Fsp3) is 0.261. The van der Waals surface area contributed by atoms with Crippen LogP contribution in [0.3, 0.4) is 0 Å². The van der Waals surface area contributed by atoms with Crippen molar-refractivity contribution in [1.82, 2.24) is 15.6 Å². The van der Waals surface area contributed by atoms with E-state index in [0.717, 1.165) is 10.1 Å². The molecule has 1 amide bonds. The number of nitrogens with one attached hydrogen (secondary N) is 1. The summed E-state index contributed by atoms with van der Waals surface area (Å²) in [6.07, 6.45) is 1.44. The third kappa shape index (κ3) is 8.26. The van der Waals surface area contributed by atoms with Gasteiger partial charge in [-0.2, -0.15) is 5.10 Å². The van der Waals surface area contributed by atoms with Gasteiger partial charge in [0.05, 0.1) is 26.2 Å². The van der Waals surface area contributed by atoms with Crippen molar-refractivity contribution in [2.45, 2.75) is 28.3 Å². The van der Waals surface area contributed by atoms with E-state index in [9.17, 15) is 9.59 Å². The van der Waals surface area contributed by atoms with Crippen molar-refractivity contribution in [2.75, 3.05) is 20.0 Å². The van der Waals surface area contributed by atoms with Crippen LogP contribution in [0, 0.1) is 6.92 Å². The fourth-order valence-corrected chi connectivity index (χ4v) is 5.47. The summed E-state index contributed by atoms with van der Waals surface area (Å²) in [6.45, 7) is 3.35. The van der Waals surface area contributed by atoms with E-state index < -0.39 is 5.97 Å². The molecule has 35 heavy (non-hydrogen) atoms. The van der Waals surface area contributed by atoms with Gasteiger partial charge in [-0.15, -0.1) is 10.2 Å². The van der Waals surface area contributed by atoms with Crippen LogP contribution < -0.4 is 19.6 Å². The number of ether oxygens (including phenoxy) is 3. The second-order valence-corrected chi connectivity index (χ2v) is 10.5. The van der Waals surface area contributed by atoms with Gasteiger partial charge < -0.3 is 14.2 Å². The molecule has 0 aliphatic heterocycles. The largest absolute Gasteiger partial charge is 0.493 e. The number of hydrogen-bond acceptors (Lipinski definition) is 11. The molecule has 0 spiro atoms. The molecule has 0 unspecified atom stereocenters. The van der Waals surface area contributed by atoms with Gasteiger partial charge in [-0.1, -0.05) is 64.7 Å². The number of nitrogens with zero attached hydrogens (tertiary/aromatic N) is 3. The maximum absolute atomic E-state index is 12.2. The Bertz CT molecular complexity index is 1170. The monoisotopic (exact) mass is 532 g/mol. The summed E-state index contributed by atoms with van der Waals surface area (Å²) in [6, 6.07) is 11.6. The van der Waals surface area contributed by atoms with Crippen LogP contribution in [0.2, 0.25) is 0 Å². The zero-order valence-corrected chi connectivity index (χ0v) is 22.0. The van der Waals surface area contributed by atoms with Crippen LogP contribution >= 0.6 is 34.9 Å². The standard InChI is InChI=1S/C23H24N4O5S3/c1-14-5-7-16(8-6-14)12-33-22-26-27-23(35-22)34-13-20(29)25-24-11-17-9-18(30-3)21(32-15(2)28)19(10-17)31-4/h5-11H,12-13H2,1-4H3,(H,25,29)/b24-11-. The molecule has 184 valence electrons. The topological polar surface area (TPSA) is 112 Å². The molecule has 0 saturated heterocycles. The van der Waals surface area contributed by atoms with Crippen LogP contribution in [0.15, 0.2) is 50.2 Å². The molecule has 0 aliphatic carbocycles. The lowest BCUT2D eigenvalue weighted by molar-refractivity contribution is -0.132. The number of rotatable bonds is 11. The zero-order chi connectivity index (χ0) is 25.2. The third-order valence-electron chi connectivity index (χ3n) is 4.33. The SMILES string of the molecule is COc1cc(/C=N\NC(=O)CSc2nnc(SCc3ccc(C)cc3)s2)cc(OC)c1OC(C)=O. The van der Waals surface area contributed by atoms with Gasteiger partial charge in [0.15, 0.2) is 20.2 Å². The molecule has 12 heteroatoms. The number of hydrazone groups is 1. The Morgan fingerprint density at radius 1 is 1.06 bits per heavy atom. The maximum atomic E-state index is 12.2. The smallest absolute Gasteiger partial charge is 0.308 e. The van der Waals surface area contributed by atoms with Gasteiger partial charge in [0.2, 0.25) is 5.75 Å². The van der Waals surface area contributed by atoms with E-state index in [0.29, 0.717) is 21.4 Å². The molecule has 3 aromatic rings. The highest BCUT2D eigenvalue weighted by Gasteiger charge is 2.16. The molecule has 2 aromatic carbocycles. The number of thioether (sulfide) groups is 2. The molecule has 0 fully saturated rings. The van der Waals surface area contributed by atoms with Gasteiger partial charge in [-0.05, 0) is 24.6 Å². The number of methoxy groups -OCH3 is 2. The van der Waals surface area contributed by atoms with Crippen LogP contribution in [0.5, 0.6) is 17.2 Å². The lowest BCUT2D eigenvalue weighted by Gasteiger charge is -2.13. The zero-order valence-electron chi connectivity index (χ0n) is 19.6. The summed E-state index contributed by atoms with van der Waals surface area (Å²) in [7, 11) is 2.89. The summed E-state index contributed by atoms with van der Waals surface area (Å²) >= 11 is 4.36. The minimum atomic E-state index is -0.500. The van der Waals surface area contributed by atoms with Crippen LogP contribution in [-0.4, -0.2) is 48.3 Å². The normalized spacial score (nSPS) is 10.9. The van der Waals surface area contributed by atoms with Crippen molar-refractivity contribution in [2.24, 2.45) is 5.10 Å². The average molecular weight is 533 g/mol. The maximum Gasteiger partial charge on any atom is 0.308 e. The molecule has 0 atom stereocenters. The molecule has 0 bridgehead atoms. The molecule has 0 aliphatic rings. The van der Waals surface area contributed by atoms with E-state index in [-0.39, 0.29) is 17.4 Å². The Morgan fingerprint density at radius 2 is 1.69 bits per heavy atom. The summed E-state index contributed by atoms with van der Waals surface area (Å²) in [5.74, 6) is 0.948. The van der Waals surface area contributed by atoms with E-state index in [1.807, 2.05) is 0 Å². The highest BCUT2D eigenvalue weighted by molar-refractivity contribution is 8.03. The molecule has 9 nitrogen and oxygen atoms in total. The number of carbonyl (C=O) groups is 2. The quantitative estimate of drug-likeness (QED) is 0.127. The Hall–Kier alpha value is -3.09. The molecule has 0 radical (unpaired) electrons. The fourth-order valence-electron chi connectivity index (χ4n) is 2.70. The van der Waals surface area contributed by atoms with Crippen LogP contribution in [-0.2, 0) is 15.3 Å². The Morgan fingerprint density at radius 3 is 2.29 bits per heavy atom. The van der Waals surface area contributed by atoms with Gasteiger partial charge in [0.1, 0.15) is 0 Å². The number of hydrogen-bond donors (Lipinski definition) is 1. The van der Waals surface area contributed by atoms with Crippen molar-refractivity contribution in [3.63, 3.8) is 0 Å². The second kappa shape index (κ2) is 13.1. The average Bonchev–Trinajstić information content (AvgIpc) is 3.30. The summed E-state index contributed by atoms with van der Waals surface area (Å²) in [4.78, 5) is 23.5. The van der Waals surface area contributed by atoms with Gasteiger partial charge in [0.25, 0.3) is 5.91 Å². The van der Waals surface area contributed by atoms with E-state index in [4.69, 9.17) is 14.2 Å². The number of amides is 1. The Labute approximate surface area is 215 Å². The van der Waals surface area contributed by atoms with E-state index in [1.54, 1.807) is 23.9 Å². The van der Waals surface area contributed by atoms with Crippen molar-refractivity contribution in [3.8, 4) is 17.2 Å². The van der Waals surface area contributed by atoms with Gasteiger partial charge in [0, 0.05) is 18.2 Å². The number of carbonyl (C=O) groups excluding carboxylic acids is 2. The summed E-state index contributed by atoms with van der Waals surface area (Å²) in [5.41, 5.74) is 5.51. The van der Waals surface area contributed by atoms with Gasteiger partial charge in [-0.25, -0.2) is 5.43 Å². The molecule has 1 heterocycles. The number of benzene rings is 2. The first kappa shape index (κ1) is 26.5. The molecule has 0 saturated carbocycles. The van der Waals surface area contributed by atoms with Crippen LogP contribution in [0.25, 0.3) is 0 Å². The molecular formula is C23H24N4O5S3. The van der Waals surface area contributed by atoms with Gasteiger partial charge in [-0.3, -0.25) is 9.59 Å². The number of esters is 1.